The highest BCUT2D eigenvalue weighted by molar-refractivity contribution is 5.80. The lowest BCUT2D eigenvalue weighted by atomic mass is 9.98. The molecule has 9 unspecified atom stereocenters. The van der Waals surface area contributed by atoms with Crippen LogP contribution in [0.15, 0.2) is 24.3 Å². The van der Waals surface area contributed by atoms with Crippen LogP contribution in [-0.2, 0) is 14.3 Å². The standard InChI is InChI=1S/C61H117NO10/c1-3-5-7-9-11-13-15-16-17-18-19-20-21-22-23-24-25-26-27-28-29-30-31-32-33-34-35-36-37-39-41-43-45-47-49-54(65)60(70)62-52(51-71-61-59(69)58(68)57(67)55(50-63)72-61)56(66)53(64)48-46-44-42-40-38-14-12-10-8-6-4-2/h21-22,24-25,52-59,61,63-69H,3-20,23,26-51H2,1-2H3,(H,62,70)/b22-21-,25-24-. The molecule has 0 aliphatic carbocycles. The minimum atomic E-state index is -1.66. The smallest absolute Gasteiger partial charge is 0.249 e. The van der Waals surface area contributed by atoms with E-state index >= 15 is 0 Å². The Kier molecular flexibility index (Phi) is 48.0. The van der Waals surface area contributed by atoms with E-state index in [1.54, 1.807) is 0 Å². The van der Waals surface area contributed by atoms with E-state index in [2.05, 4.69) is 43.5 Å². The minimum absolute atomic E-state index is 0.262. The van der Waals surface area contributed by atoms with Gasteiger partial charge in [0.05, 0.1) is 25.4 Å². The van der Waals surface area contributed by atoms with E-state index in [4.69, 9.17) is 9.47 Å². The molecule has 1 rings (SSSR count). The predicted octanol–water partition coefficient (Wildman–Crippen LogP) is 13.3. The van der Waals surface area contributed by atoms with E-state index in [1.165, 1.54) is 205 Å². The van der Waals surface area contributed by atoms with Gasteiger partial charge in [-0.2, -0.15) is 0 Å². The summed E-state index contributed by atoms with van der Waals surface area (Å²) >= 11 is 0. The van der Waals surface area contributed by atoms with E-state index in [-0.39, 0.29) is 6.42 Å². The molecule has 1 aliphatic rings. The molecule has 0 bridgehead atoms. The summed E-state index contributed by atoms with van der Waals surface area (Å²) in [4.78, 5) is 13.2. The molecule has 8 N–H and O–H groups in total. The number of aliphatic hydroxyl groups excluding tert-OH is 7. The number of carbonyl (C=O) groups excluding carboxylic acids is 1. The number of rotatable bonds is 53. The maximum Gasteiger partial charge on any atom is 0.249 e. The molecule has 0 spiro atoms. The van der Waals surface area contributed by atoms with Crippen LogP contribution in [0.2, 0.25) is 0 Å². The van der Waals surface area contributed by atoms with Crippen molar-refractivity contribution in [3.63, 3.8) is 0 Å². The van der Waals surface area contributed by atoms with Gasteiger partial charge in [0.25, 0.3) is 0 Å². The van der Waals surface area contributed by atoms with Crippen molar-refractivity contribution in [2.45, 2.75) is 345 Å². The molecule has 0 aromatic carbocycles. The lowest BCUT2D eigenvalue weighted by molar-refractivity contribution is -0.303. The van der Waals surface area contributed by atoms with Crippen LogP contribution in [0.1, 0.15) is 290 Å². The Morgan fingerprint density at radius 1 is 0.486 bits per heavy atom. The first-order valence-corrected chi connectivity index (χ1v) is 30.7. The van der Waals surface area contributed by atoms with E-state index in [9.17, 15) is 40.5 Å². The van der Waals surface area contributed by atoms with Crippen LogP contribution in [0.25, 0.3) is 0 Å². The molecular formula is C61H117NO10. The number of ether oxygens (including phenoxy) is 2. The quantitative estimate of drug-likeness (QED) is 0.0215. The zero-order valence-corrected chi connectivity index (χ0v) is 46.7. The summed E-state index contributed by atoms with van der Waals surface area (Å²) in [5.74, 6) is -0.694. The first-order chi connectivity index (χ1) is 35.2. The molecule has 1 heterocycles. The Balaban J connectivity index is 2.15. The molecule has 1 fully saturated rings. The van der Waals surface area contributed by atoms with Gasteiger partial charge in [-0.1, -0.05) is 269 Å². The number of unbranched alkanes of at least 4 members (excludes halogenated alkanes) is 37. The fourth-order valence-electron chi connectivity index (χ4n) is 10.0. The van der Waals surface area contributed by atoms with Gasteiger partial charge in [-0.15, -0.1) is 0 Å². The Hall–Kier alpha value is -1.41. The topological polar surface area (TPSA) is 189 Å². The third-order valence-corrected chi connectivity index (χ3v) is 15.0. The Morgan fingerprint density at radius 3 is 1.24 bits per heavy atom. The van der Waals surface area contributed by atoms with Crippen LogP contribution in [0, 0.1) is 0 Å². The van der Waals surface area contributed by atoms with Gasteiger partial charge in [0.15, 0.2) is 6.29 Å². The average molecular weight is 1020 g/mol. The molecule has 0 aromatic rings. The highest BCUT2D eigenvalue weighted by Crippen LogP contribution is 2.24. The highest BCUT2D eigenvalue weighted by atomic mass is 16.7. The number of hydrogen-bond acceptors (Lipinski definition) is 10. The fourth-order valence-corrected chi connectivity index (χ4v) is 10.0. The first kappa shape index (κ1) is 68.6. The molecule has 9 atom stereocenters. The van der Waals surface area contributed by atoms with E-state index in [0.29, 0.717) is 19.3 Å². The van der Waals surface area contributed by atoms with Gasteiger partial charge in [0, 0.05) is 0 Å². The second kappa shape index (κ2) is 50.4. The predicted molar refractivity (Wildman–Crippen MR) is 298 cm³/mol. The molecule has 11 heteroatoms. The van der Waals surface area contributed by atoms with Crippen LogP contribution in [0.3, 0.4) is 0 Å². The van der Waals surface area contributed by atoms with Gasteiger partial charge in [-0.05, 0) is 44.9 Å². The summed E-state index contributed by atoms with van der Waals surface area (Å²) in [6.07, 6.45) is 49.8. The maximum atomic E-state index is 13.2. The van der Waals surface area contributed by atoms with Gasteiger partial charge in [0.2, 0.25) is 5.91 Å². The normalized spacial score (nSPS) is 20.2. The van der Waals surface area contributed by atoms with Crippen LogP contribution in [0.4, 0.5) is 0 Å². The number of hydrogen-bond donors (Lipinski definition) is 8. The monoisotopic (exact) mass is 1020 g/mol. The largest absolute Gasteiger partial charge is 0.394 e. The third kappa shape index (κ3) is 38.2. The lowest BCUT2D eigenvalue weighted by Crippen LogP contribution is -2.60. The van der Waals surface area contributed by atoms with Crippen molar-refractivity contribution in [3.8, 4) is 0 Å². The van der Waals surface area contributed by atoms with E-state index in [0.717, 1.165) is 44.9 Å². The van der Waals surface area contributed by atoms with Gasteiger partial charge in [-0.3, -0.25) is 4.79 Å². The van der Waals surface area contributed by atoms with Crippen LogP contribution >= 0.6 is 0 Å². The van der Waals surface area contributed by atoms with Crippen LogP contribution in [-0.4, -0.2) is 110 Å². The third-order valence-electron chi connectivity index (χ3n) is 15.0. The maximum absolute atomic E-state index is 13.2. The number of allylic oxidation sites excluding steroid dienone is 4. The van der Waals surface area contributed by atoms with E-state index < -0.39 is 74.2 Å². The van der Waals surface area contributed by atoms with Crippen molar-refractivity contribution in [1.82, 2.24) is 5.32 Å². The van der Waals surface area contributed by atoms with Crippen molar-refractivity contribution < 1.29 is 50.0 Å². The fraction of sp³-hybridized carbons (Fsp3) is 0.918. The second-order valence-corrected chi connectivity index (χ2v) is 21.8. The zero-order chi connectivity index (χ0) is 52.5. The van der Waals surface area contributed by atoms with Gasteiger partial charge < -0.3 is 50.5 Å². The summed E-state index contributed by atoms with van der Waals surface area (Å²) in [5, 5.41) is 76.0. The van der Waals surface area contributed by atoms with Crippen molar-refractivity contribution in [2.75, 3.05) is 13.2 Å². The lowest BCUT2D eigenvalue weighted by Gasteiger charge is -2.40. The summed E-state index contributed by atoms with van der Waals surface area (Å²) in [6, 6.07) is -1.17. The second-order valence-electron chi connectivity index (χ2n) is 21.8. The summed E-state index contributed by atoms with van der Waals surface area (Å²) in [6.45, 7) is 3.46. The molecule has 72 heavy (non-hydrogen) atoms. The first-order valence-electron chi connectivity index (χ1n) is 30.7. The summed E-state index contributed by atoms with van der Waals surface area (Å²) in [5.41, 5.74) is 0. The Labute approximate surface area is 442 Å². The molecule has 1 saturated heterocycles. The van der Waals surface area contributed by atoms with Crippen LogP contribution < -0.4 is 5.32 Å². The molecular weight excluding hydrogens is 907 g/mol. The van der Waals surface area contributed by atoms with Gasteiger partial charge in [0.1, 0.15) is 36.6 Å². The molecule has 1 amide bonds. The number of nitrogens with one attached hydrogen (secondary N) is 1. The summed E-state index contributed by atoms with van der Waals surface area (Å²) < 4.78 is 11.1. The summed E-state index contributed by atoms with van der Waals surface area (Å²) in [7, 11) is 0. The SMILES string of the molecule is CCCCCCCCCCCCC/C=C\C/C=C\CCCCCCCCCCCCCCCCCCC(O)C(=O)NC(COC1OC(CO)C(O)C(O)C1O)C(O)C(O)CCCCCCCCCCCCC. The highest BCUT2D eigenvalue weighted by Gasteiger charge is 2.44. The van der Waals surface area contributed by atoms with E-state index in [1.807, 2.05) is 0 Å². The van der Waals surface area contributed by atoms with Gasteiger partial charge in [-0.25, -0.2) is 0 Å². The van der Waals surface area contributed by atoms with Crippen LogP contribution in [0.5, 0.6) is 0 Å². The molecule has 426 valence electrons. The number of carbonyl (C=O) groups is 1. The average Bonchev–Trinajstić information content (AvgIpc) is 3.38. The Bertz CT molecular complexity index is 1220. The number of amides is 1. The van der Waals surface area contributed by atoms with Crippen molar-refractivity contribution in [2.24, 2.45) is 0 Å². The molecule has 11 nitrogen and oxygen atoms in total. The molecule has 0 aromatic heterocycles. The Morgan fingerprint density at radius 2 is 0.847 bits per heavy atom. The minimum Gasteiger partial charge on any atom is -0.394 e. The molecule has 0 saturated carbocycles. The molecule has 1 aliphatic heterocycles. The molecule has 0 radical (unpaired) electrons. The van der Waals surface area contributed by atoms with Crippen molar-refractivity contribution in [3.05, 3.63) is 24.3 Å². The van der Waals surface area contributed by atoms with Gasteiger partial charge >= 0.3 is 0 Å². The van der Waals surface area contributed by atoms with Crippen molar-refractivity contribution in [1.29, 1.82) is 0 Å². The van der Waals surface area contributed by atoms with Crippen molar-refractivity contribution >= 4 is 5.91 Å². The zero-order valence-electron chi connectivity index (χ0n) is 46.7. The number of aliphatic hydroxyl groups is 7.